The average molecular weight is 273 g/mol. The SMILES string of the molecule is CCCN(C(=O)C=CNC(=O)O)C(CC)NC(=O)O. The number of carbonyl (C=O) groups excluding carboxylic acids is 1. The van der Waals surface area contributed by atoms with Crippen LogP contribution in [0.25, 0.3) is 0 Å². The summed E-state index contributed by atoms with van der Waals surface area (Å²) in [6, 6.07) is 0. The first-order valence-electron chi connectivity index (χ1n) is 5.88. The van der Waals surface area contributed by atoms with Gasteiger partial charge in [0.1, 0.15) is 6.17 Å². The van der Waals surface area contributed by atoms with Crippen molar-refractivity contribution in [1.82, 2.24) is 15.5 Å². The quantitative estimate of drug-likeness (QED) is 0.407. The molecule has 3 amide bonds. The zero-order valence-electron chi connectivity index (χ0n) is 10.9. The van der Waals surface area contributed by atoms with Gasteiger partial charge in [-0.25, -0.2) is 9.59 Å². The molecule has 0 bridgehead atoms. The zero-order chi connectivity index (χ0) is 14.8. The van der Waals surface area contributed by atoms with Gasteiger partial charge in [0, 0.05) is 18.8 Å². The van der Waals surface area contributed by atoms with Crippen LogP contribution in [0.15, 0.2) is 12.3 Å². The summed E-state index contributed by atoms with van der Waals surface area (Å²) in [4.78, 5) is 34.1. The van der Waals surface area contributed by atoms with E-state index in [1.165, 1.54) is 4.90 Å². The van der Waals surface area contributed by atoms with Gasteiger partial charge >= 0.3 is 12.2 Å². The van der Waals surface area contributed by atoms with Crippen molar-refractivity contribution in [3.8, 4) is 0 Å². The highest BCUT2D eigenvalue weighted by atomic mass is 16.4. The second-order valence-corrected chi connectivity index (χ2v) is 3.69. The fourth-order valence-electron chi connectivity index (χ4n) is 1.48. The lowest BCUT2D eigenvalue weighted by Crippen LogP contribution is -2.50. The molecule has 1 unspecified atom stereocenters. The van der Waals surface area contributed by atoms with Gasteiger partial charge in [0.05, 0.1) is 0 Å². The number of nitrogens with zero attached hydrogens (tertiary/aromatic N) is 1. The molecule has 0 saturated heterocycles. The zero-order valence-corrected chi connectivity index (χ0v) is 10.9. The van der Waals surface area contributed by atoms with Gasteiger partial charge in [-0.15, -0.1) is 0 Å². The third kappa shape index (κ3) is 6.92. The largest absolute Gasteiger partial charge is 0.465 e. The third-order valence-corrected chi connectivity index (χ3v) is 2.23. The van der Waals surface area contributed by atoms with Crippen molar-refractivity contribution < 1.29 is 24.6 Å². The van der Waals surface area contributed by atoms with Crippen molar-refractivity contribution >= 4 is 18.1 Å². The van der Waals surface area contributed by atoms with Crippen LogP contribution in [-0.2, 0) is 4.79 Å². The first-order valence-corrected chi connectivity index (χ1v) is 5.88. The minimum Gasteiger partial charge on any atom is -0.465 e. The van der Waals surface area contributed by atoms with Crippen LogP contribution in [0.4, 0.5) is 9.59 Å². The number of nitrogens with one attached hydrogen (secondary N) is 2. The van der Waals surface area contributed by atoms with E-state index in [9.17, 15) is 14.4 Å². The number of rotatable bonds is 7. The number of hydrogen-bond donors (Lipinski definition) is 4. The molecular weight excluding hydrogens is 254 g/mol. The first-order chi connectivity index (χ1) is 8.92. The van der Waals surface area contributed by atoms with Gasteiger partial charge in [0.2, 0.25) is 5.91 Å². The molecule has 0 aliphatic rings. The molecule has 0 aliphatic heterocycles. The molecule has 0 saturated carbocycles. The van der Waals surface area contributed by atoms with E-state index in [1.807, 2.05) is 12.2 Å². The summed E-state index contributed by atoms with van der Waals surface area (Å²) >= 11 is 0. The summed E-state index contributed by atoms with van der Waals surface area (Å²) in [5.74, 6) is -0.462. The highest BCUT2D eigenvalue weighted by molar-refractivity contribution is 5.88. The predicted molar refractivity (Wildman–Crippen MR) is 67.5 cm³/mol. The molecule has 8 nitrogen and oxygen atoms in total. The Kier molecular flexibility index (Phi) is 7.74. The molecule has 0 heterocycles. The minimum atomic E-state index is -1.28. The maximum Gasteiger partial charge on any atom is 0.408 e. The van der Waals surface area contributed by atoms with Crippen LogP contribution in [0.2, 0.25) is 0 Å². The van der Waals surface area contributed by atoms with Gasteiger partial charge < -0.3 is 20.4 Å². The number of carbonyl (C=O) groups is 3. The highest BCUT2D eigenvalue weighted by Gasteiger charge is 2.21. The van der Waals surface area contributed by atoms with Crippen molar-refractivity contribution in [2.45, 2.75) is 32.9 Å². The molecule has 0 radical (unpaired) electrons. The van der Waals surface area contributed by atoms with Crippen molar-refractivity contribution in [3.63, 3.8) is 0 Å². The van der Waals surface area contributed by atoms with Crippen LogP contribution in [-0.4, -0.2) is 45.9 Å². The summed E-state index contributed by atoms with van der Waals surface area (Å²) in [6.45, 7) is 3.97. The van der Waals surface area contributed by atoms with E-state index in [1.54, 1.807) is 6.92 Å². The molecule has 108 valence electrons. The third-order valence-electron chi connectivity index (χ3n) is 2.23. The number of carboxylic acid groups (broad SMARTS) is 2. The van der Waals surface area contributed by atoms with E-state index in [0.29, 0.717) is 19.4 Å². The molecule has 0 fully saturated rings. The Morgan fingerprint density at radius 1 is 1.21 bits per heavy atom. The average Bonchev–Trinajstić information content (AvgIpc) is 2.32. The molecule has 0 aromatic heterocycles. The normalized spacial score (nSPS) is 11.9. The molecule has 0 aromatic rings. The molecular formula is C11H19N3O5. The van der Waals surface area contributed by atoms with Crippen LogP contribution >= 0.6 is 0 Å². The molecule has 8 heteroatoms. The second-order valence-electron chi connectivity index (χ2n) is 3.69. The van der Waals surface area contributed by atoms with Crippen molar-refractivity contribution in [2.24, 2.45) is 0 Å². The van der Waals surface area contributed by atoms with Crippen LogP contribution in [0, 0.1) is 0 Å². The van der Waals surface area contributed by atoms with Gasteiger partial charge in [0.25, 0.3) is 0 Å². The smallest absolute Gasteiger partial charge is 0.408 e. The second kappa shape index (κ2) is 8.78. The standard InChI is InChI=1S/C11H19N3O5/c1-3-7-14(8(4-2)13-11(18)19)9(15)5-6-12-10(16)17/h5-6,8,12-13H,3-4,7H2,1-2H3,(H,16,17)(H,18,19). The van der Waals surface area contributed by atoms with E-state index in [2.05, 4.69) is 5.32 Å². The Morgan fingerprint density at radius 2 is 1.84 bits per heavy atom. The fraction of sp³-hybridized carbons (Fsp3) is 0.545. The van der Waals surface area contributed by atoms with E-state index < -0.39 is 24.3 Å². The van der Waals surface area contributed by atoms with E-state index >= 15 is 0 Å². The summed E-state index contributed by atoms with van der Waals surface area (Å²) < 4.78 is 0. The Hall–Kier alpha value is -2.25. The summed E-state index contributed by atoms with van der Waals surface area (Å²) in [5, 5.41) is 21.2. The topological polar surface area (TPSA) is 119 Å². The minimum absolute atomic E-state index is 0.370. The summed E-state index contributed by atoms with van der Waals surface area (Å²) in [5.41, 5.74) is 0. The van der Waals surface area contributed by atoms with Gasteiger partial charge in [0.15, 0.2) is 0 Å². The number of hydrogen-bond acceptors (Lipinski definition) is 3. The molecule has 0 aliphatic carbocycles. The lowest BCUT2D eigenvalue weighted by molar-refractivity contribution is -0.128. The molecule has 1 atom stereocenters. The van der Waals surface area contributed by atoms with Crippen molar-refractivity contribution in [2.75, 3.05) is 6.54 Å². The van der Waals surface area contributed by atoms with E-state index in [0.717, 1.165) is 12.3 Å². The lowest BCUT2D eigenvalue weighted by Gasteiger charge is -2.29. The van der Waals surface area contributed by atoms with Crippen molar-refractivity contribution in [1.29, 1.82) is 0 Å². The maximum atomic E-state index is 11.9. The predicted octanol–water partition coefficient (Wildman–Crippen LogP) is 1.01. The van der Waals surface area contributed by atoms with E-state index in [4.69, 9.17) is 10.2 Å². The molecule has 0 spiro atoms. The Balaban J connectivity index is 4.75. The molecule has 4 N–H and O–H groups in total. The van der Waals surface area contributed by atoms with E-state index in [-0.39, 0.29) is 0 Å². The fourth-order valence-corrected chi connectivity index (χ4v) is 1.48. The maximum absolute atomic E-state index is 11.9. The highest BCUT2D eigenvalue weighted by Crippen LogP contribution is 2.04. The van der Waals surface area contributed by atoms with Crippen molar-refractivity contribution in [3.05, 3.63) is 12.3 Å². The van der Waals surface area contributed by atoms with Crippen LogP contribution in [0.5, 0.6) is 0 Å². The Labute approximate surface area is 111 Å². The number of amides is 3. The van der Waals surface area contributed by atoms with Crippen LogP contribution in [0.1, 0.15) is 26.7 Å². The Morgan fingerprint density at radius 3 is 2.26 bits per heavy atom. The summed E-state index contributed by atoms with van der Waals surface area (Å²) in [6.07, 6.45) is -0.00621. The van der Waals surface area contributed by atoms with Gasteiger partial charge in [-0.3, -0.25) is 10.1 Å². The first kappa shape index (κ1) is 16.8. The van der Waals surface area contributed by atoms with Crippen LogP contribution in [0.3, 0.4) is 0 Å². The van der Waals surface area contributed by atoms with Crippen LogP contribution < -0.4 is 10.6 Å². The summed E-state index contributed by atoms with van der Waals surface area (Å²) in [7, 11) is 0. The van der Waals surface area contributed by atoms with Gasteiger partial charge in [-0.2, -0.15) is 0 Å². The molecule has 0 rings (SSSR count). The Bertz CT molecular complexity index is 356. The molecule has 0 aromatic carbocycles. The monoisotopic (exact) mass is 273 g/mol. The lowest BCUT2D eigenvalue weighted by atomic mass is 10.2. The van der Waals surface area contributed by atoms with Gasteiger partial charge in [-0.05, 0) is 12.8 Å². The molecule has 19 heavy (non-hydrogen) atoms. The van der Waals surface area contributed by atoms with Gasteiger partial charge in [-0.1, -0.05) is 13.8 Å².